The summed E-state index contributed by atoms with van der Waals surface area (Å²) in [6, 6.07) is 6.90. The minimum atomic E-state index is -1.31. The highest BCUT2D eigenvalue weighted by Gasteiger charge is 2.77. The van der Waals surface area contributed by atoms with E-state index < -0.39 is 65.2 Å². The molecule has 252 valence electrons. The molecule has 11 heteroatoms. The predicted molar refractivity (Wildman–Crippen MR) is 178 cm³/mol. The molecule has 3 heterocycles. The van der Waals surface area contributed by atoms with E-state index in [0.29, 0.717) is 18.4 Å². The van der Waals surface area contributed by atoms with Crippen molar-refractivity contribution in [3.05, 3.63) is 61.2 Å². The van der Waals surface area contributed by atoms with E-state index >= 15 is 0 Å². The van der Waals surface area contributed by atoms with Gasteiger partial charge in [-0.25, -0.2) is 0 Å². The molecule has 2 bridgehead atoms. The number of ether oxygens (including phenoxy) is 2. The number of aliphatic hydroxyl groups excluding tert-OH is 1. The van der Waals surface area contributed by atoms with Crippen LogP contribution >= 0.6 is 15.9 Å². The van der Waals surface area contributed by atoms with E-state index in [1.165, 1.54) is 4.90 Å². The number of rotatable bonds is 13. The van der Waals surface area contributed by atoms with E-state index in [9.17, 15) is 24.3 Å². The number of esters is 1. The Labute approximate surface area is 280 Å². The van der Waals surface area contributed by atoms with Gasteiger partial charge in [0.05, 0.1) is 36.6 Å². The van der Waals surface area contributed by atoms with Crippen molar-refractivity contribution >= 4 is 39.6 Å². The van der Waals surface area contributed by atoms with Gasteiger partial charge in [-0.05, 0) is 53.0 Å². The first kappa shape index (κ1) is 35.8. The Kier molecular flexibility index (Phi) is 10.9. The number of benzene rings is 1. The SMILES string of the molecule is C=CCCC(=O)N(C)[C@@H](C)[C@@H](OC(=O)[C@H]1[C@@H]2O[C@@]3(CC2Br)[C@@H]1C(=O)N([C@H](C)CO)[C@@H]3C(=O)N(CC=C)C(C)(C)C)c1ccccc1. The van der Waals surface area contributed by atoms with Crippen molar-refractivity contribution in [2.24, 2.45) is 11.8 Å². The molecule has 10 nitrogen and oxygen atoms in total. The Hall–Kier alpha value is -3.02. The second-order valence-electron chi connectivity index (χ2n) is 13.7. The maximum atomic E-state index is 14.5. The van der Waals surface area contributed by atoms with Gasteiger partial charge in [0.2, 0.25) is 17.7 Å². The first-order valence-electron chi connectivity index (χ1n) is 16.0. The zero-order valence-electron chi connectivity index (χ0n) is 27.7. The topological polar surface area (TPSA) is 117 Å². The van der Waals surface area contributed by atoms with Crippen molar-refractivity contribution in [1.29, 1.82) is 0 Å². The molecule has 3 amide bonds. The fourth-order valence-corrected chi connectivity index (χ4v) is 8.22. The van der Waals surface area contributed by atoms with Gasteiger partial charge in [0.25, 0.3) is 0 Å². The highest BCUT2D eigenvalue weighted by molar-refractivity contribution is 9.09. The van der Waals surface area contributed by atoms with Gasteiger partial charge in [0.1, 0.15) is 17.7 Å². The number of hydrogen-bond donors (Lipinski definition) is 1. The van der Waals surface area contributed by atoms with Gasteiger partial charge in [0, 0.05) is 30.4 Å². The third-order valence-corrected chi connectivity index (χ3v) is 10.6. The summed E-state index contributed by atoms with van der Waals surface area (Å²) in [6.45, 7) is 16.6. The van der Waals surface area contributed by atoms with Crippen molar-refractivity contribution in [1.82, 2.24) is 14.7 Å². The summed E-state index contributed by atoms with van der Waals surface area (Å²) in [5.41, 5.74) is -1.21. The van der Waals surface area contributed by atoms with Crippen molar-refractivity contribution in [2.45, 2.75) is 100 Å². The number of amides is 3. The van der Waals surface area contributed by atoms with E-state index in [1.807, 2.05) is 58.0 Å². The highest BCUT2D eigenvalue weighted by Crippen LogP contribution is 2.61. The molecule has 1 aromatic rings. The summed E-state index contributed by atoms with van der Waals surface area (Å²) in [5.74, 6) is -3.50. The summed E-state index contributed by atoms with van der Waals surface area (Å²) >= 11 is 3.71. The number of alkyl halides is 1. The molecule has 1 aromatic carbocycles. The molecule has 0 aliphatic carbocycles. The molecule has 3 saturated heterocycles. The molecular formula is C35H48BrN3O7. The van der Waals surface area contributed by atoms with Gasteiger partial charge in [-0.3, -0.25) is 19.2 Å². The summed E-state index contributed by atoms with van der Waals surface area (Å²) in [5, 5.41) is 10.2. The quantitative estimate of drug-likeness (QED) is 0.188. The minimum absolute atomic E-state index is 0.115. The highest BCUT2D eigenvalue weighted by atomic mass is 79.9. The molecule has 0 saturated carbocycles. The van der Waals surface area contributed by atoms with Crippen molar-refractivity contribution < 1.29 is 33.8 Å². The average Bonchev–Trinajstić information content (AvgIpc) is 3.62. The van der Waals surface area contributed by atoms with E-state index in [4.69, 9.17) is 9.47 Å². The van der Waals surface area contributed by atoms with Crippen LogP contribution in [0.3, 0.4) is 0 Å². The normalized spacial score (nSPS) is 28.7. The smallest absolute Gasteiger partial charge is 0.313 e. The van der Waals surface area contributed by atoms with E-state index in [0.717, 1.165) is 0 Å². The van der Waals surface area contributed by atoms with Crippen LogP contribution < -0.4 is 0 Å². The lowest BCUT2D eigenvalue weighted by Crippen LogP contribution is -2.61. The van der Waals surface area contributed by atoms with Crippen LogP contribution in [0.4, 0.5) is 0 Å². The number of carbonyl (C=O) groups is 4. The molecular weight excluding hydrogens is 654 g/mol. The summed E-state index contributed by atoms with van der Waals surface area (Å²) in [4.78, 5) is 60.5. The molecule has 1 N–H and O–H groups in total. The average molecular weight is 703 g/mol. The lowest BCUT2D eigenvalue weighted by atomic mass is 9.70. The van der Waals surface area contributed by atoms with Crippen LogP contribution in [0.1, 0.15) is 65.5 Å². The number of aliphatic hydroxyl groups is 1. The third kappa shape index (κ3) is 6.30. The van der Waals surface area contributed by atoms with Crippen LogP contribution in [0.5, 0.6) is 0 Å². The number of allylic oxidation sites excluding steroid dienone is 1. The molecule has 0 radical (unpaired) electrons. The van der Waals surface area contributed by atoms with Gasteiger partial charge < -0.3 is 29.3 Å². The maximum Gasteiger partial charge on any atom is 0.313 e. The molecule has 0 aromatic heterocycles. The van der Waals surface area contributed by atoms with Crippen LogP contribution in [0.15, 0.2) is 55.6 Å². The lowest BCUT2D eigenvalue weighted by Gasteiger charge is -2.43. The lowest BCUT2D eigenvalue weighted by molar-refractivity contribution is -0.165. The van der Waals surface area contributed by atoms with Crippen LogP contribution in [0.25, 0.3) is 0 Å². The Balaban J connectivity index is 1.74. The monoisotopic (exact) mass is 701 g/mol. The van der Waals surface area contributed by atoms with Crippen molar-refractivity contribution in [3.63, 3.8) is 0 Å². The second kappa shape index (κ2) is 14.0. The molecule has 3 aliphatic heterocycles. The van der Waals surface area contributed by atoms with E-state index in [2.05, 4.69) is 29.1 Å². The van der Waals surface area contributed by atoms with E-state index in [1.54, 1.807) is 35.9 Å². The first-order valence-corrected chi connectivity index (χ1v) is 16.9. The number of likely N-dealkylation sites (N-methyl/N-ethyl adjacent to an activating group) is 1. The zero-order chi connectivity index (χ0) is 34.1. The fraction of sp³-hybridized carbons (Fsp3) is 0.600. The fourth-order valence-electron chi connectivity index (χ4n) is 7.27. The predicted octanol–water partition coefficient (Wildman–Crippen LogP) is 4.03. The van der Waals surface area contributed by atoms with Gasteiger partial charge in [-0.1, -0.05) is 58.4 Å². The maximum absolute atomic E-state index is 14.5. The van der Waals surface area contributed by atoms with Gasteiger partial charge >= 0.3 is 5.97 Å². The van der Waals surface area contributed by atoms with Gasteiger partial charge in [0.15, 0.2) is 0 Å². The molecule has 4 rings (SSSR count). The zero-order valence-corrected chi connectivity index (χ0v) is 29.3. The second-order valence-corrected chi connectivity index (χ2v) is 14.9. The van der Waals surface area contributed by atoms with Gasteiger partial charge in [-0.2, -0.15) is 0 Å². The molecule has 9 atom stereocenters. The number of likely N-dealkylation sites (tertiary alicyclic amines) is 1. The van der Waals surface area contributed by atoms with Crippen molar-refractivity contribution in [3.8, 4) is 0 Å². The largest absolute Gasteiger partial charge is 0.455 e. The molecule has 46 heavy (non-hydrogen) atoms. The number of fused-ring (bicyclic) bond motifs is 1. The van der Waals surface area contributed by atoms with Crippen LogP contribution in [-0.2, 0) is 28.7 Å². The summed E-state index contributed by atoms with van der Waals surface area (Å²) in [7, 11) is 1.68. The molecule has 3 aliphatic rings. The number of nitrogens with zero attached hydrogens (tertiary/aromatic N) is 3. The van der Waals surface area contributed by atoms with Crippen LogP contribution in [0, 0.1) is 11.8 Å². The summed E-state index contributed by atoms with van der Waals surface area (Å²) in [6.07, 6.45) is 2.89. The minimum Gasteiger partial charge on any atom is -0.455 e. The molecule has 3 fully saturated rings. The van der Waals surface area contributed by atoms with Gasteiger partial charge in [-0.15, -0.1) is 13.2 Å². The first-order chi connectivity index (χ1) is 21.7. The standard InChI is InChI=1S/C35H48BrN3O7/c1-9-11-17-25(41)37(8)22(4)28(23-15-13-12-14-16-23)45-33(44)26-27-31(42)39(21(3)20-40)30(35(27)19-24(36)29(26)46-35)32(43)38(18-10-2)34(5,6)7/h9-10,12-16,21-22,24,26-30,40H,1-2,11,17-20H2,3-8H3/t21-,22+,24?,26-,27+,28-,29-,30-,35+/m1/s1. The molecule has 1 spiro atoms. The summed E-state index contributed by atoms with van der Waals surface area (Å²) < 4.78 is 12.9. The Morgan fingerprint density at radius 2 is 1.85 bits per heavy atom. The van der Waals surface area contributed by atoms with E-state index in [-0.39, 0.29) is 36.2 Å². The molecule has 1 unspecified atom stereocenters. The van der Waals surface area contributed by atoms with Crippen LogP contribution in [-0.4, -0.2) is 104 Å². The number of carbonyl (C=O) groups excluding carboxylic acids is 4. The van der Waals surface area contributed by atoms with Crippen LogP contribution in [0.2, 0.25) is 0 Å². The third-order valence-electron chi connectivity index (χ3n) is 9.74. The Morgan fingerprint density at radius 3 is 2.41 bits per heavy atom. The number of halogens is 1. The van der Waals surface area contributed by atoms with Crippen molar-refractivity contribution in [2.75, 3.05) is 20.2 Å². The number of hydrogen-bond acceptors (Lipinski definition) is 7. The Bertz CT molecular complexity index is 1330. The Morgan fingerprint density at radius 1 is 1.20 bits per heavy atom.